The predicted molar refractivity (Wildman–Crippen MR) is 50.7 cm³/mol. The van der Waals surface area contributed by atoms with Gasteiger partial charge in [0, 0.05) is 6.42 Å². The van der Waals surface area contributed by atoms with Crippen LogP contribution < -0.4 is 0 Å². The highest BCUT2D eigenvalue weighted by molar-refractivity contribution is 7.92. The minimum Gasteiger partial charge on any atom is -0.387 e. The van der Waals surface area contributed by atoms with Crippen LogP contribution in [0.2, 0.25) is 0 Å². The molecular weight excluding hydrogens is 220 g/mol. The Kier molecular flexibility index (Phi) is 2.74. The average Bonchev–Trinajstić information content (AvgIpc) is 2.75. The molecule has 1 unspecified atom stereocenters. The number of aliphatic hydroxyl groups excluding tert-OH is 1. The summed E-state index contributed by atoms with van der Waals surface area (Å²) in [6.07, 6.45) is 1.65. The maximum absolute atomic E-state index is 11.5. The molecule has 1 N–H and O–H groups in total. The topological polar surface area (TPSA) is 93.3 Å². The van der Waals surface area contributed by atoms with Gasteiger partial charge in [0.15, 0.2) is 15.7 Å². The molecule has 84 valence electrons. The molecule has 0 spiro atoms. The van der Waals surface area contributed by atoms with Gasteiger partial charge in [0.2, 0.25) is 0 Å². The Hall–Kier alpha value is -0.950. The molecule has 7 heteroatoms. The van der Waals surface area contributed by atoms with Crippen LogP contribution in [0.1, 0.15) is 24.6 Å². The van der Waals surface area contributed by atoms with Crippen LogP contribution in [0.3, 0.4) is 0 Å². The number of aromatic nitrogens is 2. The zero-order valence-electron chi connectivity index (χ0n) is 8.09. The lowest BCUT2D eigenvalue weighted by molar-refractivity contribution is 0.222. The molecule has 0 amide bonds. The maximum Gasteiger partial charge on any atom is 0.252 e. The summed E-state index contributed by atoms with van der Waals surface area (Å²) >= 11 is 0. The van der Waals surface area contributed by atoms with E-state index in [0.717, 1.165) is 0 Å². The van der Waals surface area contributed by atoms with Crippen LogP contribution in [0.4, 0.5) is 0 Å². The molecule has 1 aliphatic rings. The zero-order valence-corrected chi connectivity index (χ0v) is 8.90. The quantitative estimate of drug-likeness (QED) is 0.767. The Morgan fingerprint density at radius 2 is 2.33 bits per heavy atom. The van der Waals surface area contributed by atoms with Crippen LogP contribution in [0.5, 0.6) is 0 Å². The van der Waals surface area contributed by atoms with Gasteiger partial charge in [-0.1, -0.05) is 5.16 Å². The molecular formula is C8H12N2O4S. The SMILES string of the molecule is O=S1(=O)CCCC1Cc1noc(CO)n1. The van der Waals surface area contributed by atoms with Gasteiger partial charge >= 0.3 is 0 Å². The van der Waals surface area contributed by atoms with Crippen molar-refractivity contribution in [2.45, 2.75) is 31.1 Å². The Balaban J connectivity index is 2.09. The first kappa shape index (κ1) is 10.6. The van der Waals surface area contributed by atoms with E-state index in [1.165, 1.54) is 0 Å². The summed E-state index contributed by atoms with van der Waals surface area (Å²) in [5, 5.41) is 11.9. The summed E-state index contributed by atoms with van der Waals surface area (Å²) in [5.41, 5.74) is 0. The van der Waals surface area contributed by atoms with Crippen LogP contribution >= 0.6 is 0 Å². The highest BCUT2D eigenvalue weighted by Gasteiger charge is 2.32. The van der Waals surface area contributed by atoms with Crippen molar-refractivity contribution in [1.29, 1.82) is 0 Å². The van der Waals surface area contributed by atoms with Gasteiger partial charge in [-0.2, -0.15) is 4.98 Å². The van der Waals surface area contributed by atoms with Crippen LogP contribution in [-0.4, -0.2) is 34.7 Å². The Morgan fingerprint density at radius 1 is 1.53 bits per heavy atom. The van der Waals surface area contributed by atoms with Crippen LogP contribution in [0.15, 0.2) is 4.52 Å². The summed E-state index contributed by atoms with van der Waals surface area (Å²) in [7, 11) is -2.97. The van der Waals surface area contributed by atoms with Crippen molar-refractivity contribution in [3.63, 3.8) is 0 Å². The molecule has 1 aromatic heterocycles. The molecule has 1 atom stereocenters. The maximum atomic E-state index is 11.5. The highest BCUT2D eigenvalue weighted by Crippen LogP contribution is 2.22. The molecule has 1 aromatic rings. The van der Waals surface area contributed by atoms with Gasteiger partial charge in [0.25, 0.3) is 5.89 Å². The first-order chi connectivity index (χ1) is 7.12. The molecule has 0 radical (unpaired) electrons. The van der Waals surface area contributed by atoms with Crippen LogP contribution in [-0.2, 0) is 22.9 Å². The minimum absolute atomic E-state index is 0.125. The third kappa shape index (κ3) is 2.18. The van der Waals surface area contributed by atoms with Crippen molar-refractivity contribution < 1.29 is 18.0 Å². The normalized spacial score (nSPS) is 24.5. The first-order valence-corrected chi connectivity index (χ1v) is 6.47. The van der Waals surface area contributed by atoms with Crippen molar-refractivity contribution in [3.05, 3.63) is 11.7 Å². The summed E-state index contributed by atoms with van der Waals surface area (Å²) in [5.74, 6) is 0.734. The van der Waals surface area contributed by atoms with E-state index in [1.807, 2.05) is 0 Å². The molecule has 2 heterocycles. The number of hydrogen-bond acceptors (Lipinski definition) is 6. The number of nitrogens with zero attached hydrogens (tertiary/aromatic N) is 2. The average molecular weight is 232 g/mol. The van der Waals surface area contributed by atoms with Gasteiger partial charge in [-0.3, -0.25) is 0 Å². The second kappa shape index (κ2) is 3.90. The van der Waals surface area contributed by atoms with E-state index < -0.39 is 9.84 Å². The lowest BCUT2D eigenvalue weighted by Gasteiger charge is -2.04. The fourth-order valence-corrected chi connectivity index (χ4v) is 3.56. The van der Waals surface area contributed by atoms with Crippen molar-refractivity contribution >= 4 is 9.84 Å². The molecule has 6 nitrogen and oxygen atoms in total. The third-order valence-corrected chi connectivity index (χ3v) is 4.79. The lowest BCUT2D eigenvalue weighted by Crippen LogP contribution is -2.19. The minimum atomic E-state index is -2.97. The van der Waals surface area contributed by atoms with Gasteiger partial charge < -0.3 is 9.63 Å². The van der Waals surface area contributed by atoms with E-state index in [1.54, 1.807) is 0 Å². The Labute approximate surface area is 87.2 Å². The van der Waals surface area contributed by atoms with Crippen molar-refractivity contribution in [3.8, 4) is 0 Å². The van der Waals surface area contributed by atoms with E-state index in [4.69, 9.17) is 5.11 Å². The van der Waals surface area contributed by atoms with Crippen molar-refractivity contribution in [2.75, 3.05) is 5.75 Å². The molecule has 1 saturated heterocycles. The molecule has 0 bridgehead atoms. The van der Waals surface area contributed by atoms with Crippen molar-refractivity contribution in [1.82, 2.24) is 10.1 Å². The van der Waals surface area contributed by atoms with Gasteiger partial charge in [0.1, 0.15) is 6.61 Å². The van der Waals surface area contributed by atoms with Gasteiger partial charge in [0.05, 0.1) is 11.0 Å². The van der Waals surface area contributed by atoms with Crippen LogP contribution in [0.25, 0.3) is 0 Å². The fraction of sp³-hybridized carbons (Fsp3) is 0.750. The van der Waals surface area contributed by atoms with Gasteiger partial charge in [-0.25, -0.2) is 8.42 Å². The van der Waals surface area contributed by atoms with Gasteiger partial charge in [-0.15, -0.1) is 0 Å². The monoisotopic (exact) mass is 232 g/mol. The number of sulfone groups is 1. The summed E-state index contributed by atoms with van der Waals surface area (Å²) in [6.45, 7) is -0.315. The molecule has 1 aliphatic heterocycles. The Bertz CT molecular complexity index is 439. The van der Waals surface area contributed by atoms with E-state index in [9.17, 15) is 8.42 Å². The molecule has 0 aromatic carbocycles. The molecule has 0 saturated carbocycles. The molecule has 2 rings (SSSR count). The van der Waals surface area contributed by atoms with E-state index >= 15 is 0 Å². The molecule has 15 heavy (non-hydrogen) atoms. The molecule has 0 aliphatic carbocycles. The summed E-state index contributed by atoms with van der Waals surface area (Å²) in [6, 6.07) is 0. The standard InChI is InChI=1S/C8H12N2O4S/c11-5-8-9-7(10-14-8)4-6-2-1-3-15(6,12)13/h6,11H,1-5H2. The second-order valence-electron chi connectivity index (χ2n) is 3.60. The Morgan fingerprint density at radius 3 is 2.87 bits per heavy atom. The van der Waals surface area contributed by atoms with E-state index in [-0.39, 0.29) is 29.9 Å². The van der Waals surface area contributed by atoms with E-state index in [2.05, 4.69) is 14.7 Å². The second-order valence-corrected chi connectivity index (χ2v) is 6.00. The largest absolute Gasteiger partial charge is 0.387 e. The number of hydrogen-bond donors (Lipinski definition) is 1. The smallest absolute Gasteiger partial charge is 0.252 e. The van der Waals surface area contributed by atoms with Crippen LogP contribution in [0, 0.1) is 0 Å². The highest BCUT2D eigenvalue weighted by atomic mass is 32.2. The first-order valence-electron chi connectivity index (χ1n) is 4.76. The fourth-order valence-electron chi connectivity index (χ4n) is 1.73. The molecule has 1 fully saturated rings. The number of rotatable bonds is 3. The van der Waals surface area contributed by atoms with Crippen molar-refractivity contribution in [2.24, 2.45) is 0 Å². The van der Waals surface area contributed by atoms with E-state index in [0.29, 0.717) is 18.7 Å². The summed E-state index contributed by atoms with van der Waals surface area (Å²) < 4.78 is 27.7. The zero-order chi connectivity index (χ0) is 10.9. The predicted octanol–water partition coefficient (Wildman–Crippen LogP) is -0.318. The lowest BCUT2D eigenvalue weighted by atomic mass is 10.2. The third-order valence-electron chi connectivity index (χ3n) is 2.52. The number of aliphatic hydroxyl groups is 1. The summed E-state index contributed by atoms with van der Waals surface area (Å²) in [4.78, 5) is 3.87. The van der Waals surface area contributed by atoms with Gasteiger partial charge in [-0.05, 0) is 12.8 Å².